The number of pyridine rings is 1. The number of rotatable bonds is 2. The second-order valence-electron chi connectivity index (χ2n) is 3.48. The number of phenolic OH excluding ortho intramolecular Hbond substituents is 1. The molecule has 0 radical (unpaired) electrons. The minimum Gasteiger partial charge on any atom is -0.507 e. The zero-order valence-electron chi connectivity index (χ0n) is 9.02. The summed E-state index contributed by atoms with van der Waals surface area (Å²) in [7, 11) is 0. The number of carbonyl (C=O) groups is 1. The van der Waals surface area contributed by atoms with E-state index in [0.717, 1.165) is 4.47 Å². The van der Waals surface area contributed by atoms with Crippen LogP contribution in [0, 0.1) is 0 Å². The van der Waals surface area contributed by atoms with Gasteiger partial charge in [-0.25, -0.2) is 4.98 Å². The van der Waals surface area contributed by atoms with Crippen LogP contribution >= 0.6 is 31.9 Å². The molecule has 0 unspecified atom stereocenters. The van der Waals surface area contributed by atoms with Gasteiger partial charge in [-0.15, -0.1) is 0 Å². The molecular formula is C12H8Br2N2O2. The van der Waals surface area contributed by atoms with Gasteiger partial charge in [0.2, 0.25) is 0 Å². The first kappa shape index (κ1) is 13.0. The van der Waals surface area contributed by atoms with Gasteiger partial charge < -0.3 is 10.4 Å². The fraction of sp³-hybridized carbons (Fsp3) is 0. The second kappa shape index (κ2) is 5.49. The lowest BCUT2D eigenvalue weighted by molar-refractivity contribution is 0.102. The summed E-state index contributed by atoms with van der Waals surface area (Å²) in [5, 5.41) is 12.1. The van der Waals surface area contributed by atoms with E-state index in [-0.39, 0.29) is 11.7 Å². The van der Waals surface area contributed by atoms with E-state index in [1.165, 1.54) is 6.07 Å². The fourth-order valence-corrected chi connectivity index (χ4v) is 1.77. The molecule has 1 amide bonds. The zero-order chi connectivity index (χ0) is 13.1. The lowest BCUT2D eigenvalue weighted by Gasteiger charge is -2.05. The van der Waals surface area contributed by atoms with Gasteiger partial charge in [0.15, 0.2) is 0 Å². The SMILES string of the molecule is O=C(Nc1ccc(Br)cn1)c1ccc(Br)c(O)c1. The number of amides is 1. The van der Waals surface area contributed by atoms with Crippen LogP contribution in [-0.2, 0) is 0 Å². The summed E-state index contributed by atoms with van der Waals surface area (Å²) >= 11 is 6.41. The zero-order valence-corrected chi connectivity index (χ0v) is 12.2. The van der Waals surface area contributed by atoms with Gasteiger partial charge in [-0.3, -0.25) is 4.79 Å². The summed E-state index contributed by atoms with van der Waals surface area (Å²) in [5.41, 5.74) is 0.361. The predicted octanol–water partition coefficient (Wildman–Crippen LogP) is 3.56. The van der Waals surface area contributed by atoms with Crippen molar-refractivity contribution in [3.63, 3.8) is 0 Å². The molecule has 18 heavy (non-hydrogen) atoms. The van der Waals surface area contributed by atoms with Crippen LogP contribution in [0.15, 0.2) is 45.5 Å². The van der Waals surface area contributed by atoms with Crippen molar-refractivity contribution >= 4 is 43.6 Å². The highest BCUT2D eigenvalue weighted by atomic mass is 79.9. The summed E-state index contributed by atoms with van der Waals surface area (Å²) < 4.78 is 1.38. The Balaban J connectivity index is 2.16. The molecule has 1 aromatic heterocycles. The number of carbonyl (C=O) groups excluding carboxylic acids is 1. The van der Waals surface area contributed by atoms with Crippen LogP contribution in [-0.4, -0.2) is 16.0 Å². The molecule has 0 aliphatic rings. The van der Waals surface area contributed by atoms with Crippen LogP contribution in [0.3, 0.4) is 0 Å². The van der Waals surface area contributed by atoms with E-state index in [0.29, 0.717) is 15.9 Å². The Labute approximate surface area is 120 Å². The number of hydrogen-bond acceptors (Lipinski definition) is 3. The molecule has 0 atom stereocenters. The van der Waals surface area contributed by atoms with Crippen molar-refractivity contribution in [1.82, 2.24) is 4.98 Å². The van der Waals surface area contributed by atoms with E-state index in [4.69, 9.17) is 0 Å². The Kier molecular flexibility index (Phi) is 3.98. The third-order valence-electron chi connectivity index (χ3n) is 2.18. The first-order valence-corrected chi connectivity index (χ1v) is 6.56. The van der Waals surface area contributed by atoms with Crippen molar-refractivity contribution in [2.24, 2.45) is 0 Å². The maximum absolute atomic E-state index is 11.9. The van der Waals surface area contributed by atoms with Crippen LogP contribution in [0.1, 0.15) is 10.4 Å². The molecule has 0 saturated heterocycles. The van der Waals surface area contributed by atoms with Crippen LogP contribution in [0.5, 0.6) is 5.75 Å². The molecule has 92 valence electrons. The molecule has 2 aromatic rings. The summed E-state index contributed by atoms with van der Waals surface area (Å²) in [4.78, 5) is 15.9. The Hall–Kier alpha value is -1.40. The van der Waals surface area contributed by atoms with Crippen molar-refractivity contribution in [2.45, 2.75) is 0 Å². The number of benzene rings is 1. The summed E-state index contributed by atoms with van der Waals surface area (Å²) in [6, 6.07) is 8.07. The molecule has 6 heteroatoms. The lowest BCUT2D eigenvalue weighted by atomic mass is 10.2. The predicted molar refractivity (Wildman–Crippen MR) is 75.7 cm³/mol. The average molecular weight is 372 g/mol. The standard InChI is InChI=1S/C12H8Br2N2O2/c13-8-2-4-11(15-6-8)16-12(18)7-1-3-9(14)10(17)5-7/h1-6,17H,(H,15,16,18). The van der Waals surface area contributed by atoms with Gasteiger partial charge in [-0.2, -0.15) is 0 Å². The van der Waals surface area contributed by atoms with E-state index in [2.05, 4.69) is 42.2 Å². The van der Waals surface area contributed by atoms with E-state index >= 15 is 0 Å². The van der Waals surface area contributed by atoms with E-state index in [9.17, 15) is 9.90 Å². The van der Waals surface area contributed by atoms with Crippen LogP contribution in [0.25, 0.3) is 0 Å². The van der Waals surface area contributed by atoms with Crippen molar-refractivity contribution in [3.05, 3.63) is 51.0 Å². The Morgan fingerprint density at radius 1 is 1.22 bits per heavy atom. The minimum atomic E-state index is -0.326. The van der Waals surface area contributed by atoms with Crippen molar-refractivity contribution in [3.8, 4) is 5.75 Å². The number of nitrogens with one attached hydrogen (secondary N) is 1. The topological polar surface area (TPSA) is 62.2 Å². The normalized spacial score (nSPS) is 10.1. The molecule has 2 N–H and O–H groups in total. The third kappa shape index (κ3) is 3.08. The highest BCUT2D eigenvalue weighted by molar-refractivity contribution is 9.10. The molecule has 0 aliphatic heterocycles. The number of halogens is 2. The monoisotopic (exact) mass is 370 g/mol. The van der Waals surface area contributed by atoms with Crippen molar-refractivity contribution in [2.75, 3.05) is 5.32 Å². The minimum absolute atomic E-state index is 0.0198. The van der Waals surface area contributed by atoms with Crippen LogP contribution < -0.4 is 5.32 Å². The molecule has 1 aromatic carbocycles. The fourth-order valence-electron chi connectivity index (χ4n) is 1.29. The molecule has 4 nitrogen and oxygen atoms in total. The highest BCUT2D eigenvalue weighted by Gasteiger charge is 2.09. The van der Waals surface area contributed by atoms with E-state index in [1.807, 2.05) is 0 Å². The number of anilines is 1. The smallest absolute Gasteiger partial charge is 0.256 e. The Bertz CT molecular complexity index is 585. The third-order valence-corrected chi connectivity index (χ3v) is 3.32. The first-order chi connectivity index (χ1) is 8.56. The Morgan fingerprint density at radius 3 is 2.61 bits per heavy atom. The van der Waals surface area contributed by atoms with E-state index in [1.54, 1.807) is 30.5 Å². The highest BCUT2D eigenvalue weighted by Crippen LogP contribution is 2.24. The van der Waals surface area contributed by atoms with Crippen molar-refractivity contribution in [1.29, 1.82) is 0 Å². The number of nitrogens with zero attached hydrogens (tertiary/aromatic N) is 1. The lowest BCUT2D eigenvalue weighted by Crippen LogP contribution is -2.12. The molecule has 2 rings (SSSR count). The summed E-state index contributed by atoms with van der Waals surface area (Å²) in [6.07, 6.45) is 1.59. The van der Waals surface area contributed by atoms with Gasteiger partial charge in [0.05, 0.1) is 4.47 Å². The van der Waals surface area contributed by atoms with Gasteiger partial charge in [0.1, 0.15) is 11.6 Å². The van der Waals surface area contributed by atoms with Crippen LogP contribution in [0.4, 0.5) is 5.82 Å². The first-order valence-electron chi connectivity index (χ1n) is 4.97. The maximum Gasteiger partial charge on any atom is 0.256 e. The number of phenols is 1. The molecule has 0 bridgehead atoms. The molecular weight excluding hydrogens is 364 g/mol. The van der Waals surface area contributed by atoms with Crippen LogP contribution in [0.2, 0.25) is 0 Å². The van der Waals surface area contributed by atoms with Gasteiger partial charge in [0.25, 0.3) is 5.91 Å². The average Bonchev–Trinajstić information content (AvgIpc) is 2.35. The van der Waals surface area contributed by atoms with Gasteiger partial charge >= 0.3 is 0 Å². The maximum atomic E-state index is 11.9. The Morgan fingerprint density at radius 2 is 2.00 bits per heavy atom. The molecule has 0 spiro atoms. The van der Waals surface area contributed by atoms with Gasteiger partial charge in [0, 0.05) is 16.2 Å². The quantitative estimate of drug-likeness (QED) is 0.848. The van der Waals surface area contributed by atoms with Gasteiger partial charge in [-0.1, -0.05) is 0 Å². The van der Waals surface area contributed by atoms with Gasteiger partial charge in [-0.05, 0) is 62.2 Å². The van der Waals surface area contributed by atoms with Crippen molar-refractivity contribution < 1.29 is 9.90 Å². The second-order valence-corrected chi connectivity index (χ2v) is 5.25. The van der Waals surface area contributed by atoms with E-state index < -0.39 is 0 Å². The molecule has 0 aliphatic carbocycles. The number of aromatic nitrogens is 1. The molecule has 0 fully saturated rings. The largest absolute Gasteiger partial charge is 0.507 e. The molecule has 0 saturated carbocycles. The summed E-state index contributed by atoms with van der Waals surface area (Å²) in [5.74, 6) is 0.143. The number of hydrogen-bond donors (Lipinski definition) is 2. The molecule has 1 heterocycles. The summed E-state index contributed by atoms with van der Waals surface area (Å²) in [6.45, 7) is 0. The number of aromatic hydroxyl groups is 1.